The Balaban J connectivity index is 2.16. The monoisotopic (exact) mass is 324 g/mol. The van der Waals surface area contributed by atoms with Gasteiger partial charge in [0.05, 0.1) is 6.54 Å². The number of urea groups is 1. The molecule has 0 aromatic heterocycles. The summed E-state index contributed by atoms with van der Waals surface area (Å²) in [4.78, 5) is 36.6. The Bertz CT molecular complexity index is 569. The van der Waals surface area contributed by atoms with E-state index in [1.807, 2.05) is 0 Å². The first kappa shape index (κ1) is 13.7. The summed E-state index contributed by atoms with van der Waals surface area (Å²) in [5.41, 5.74) is -0.492. The van der Waals surface area contributed by atoms with Gasteiger partial charge >= 0.3 is 6.03 Å². The van der Waals surface area contributed by atoms with Crippen molar-refractivity contribution in [1.29, 1.82) is 0 Å². The number of hydrogen-bond donors (Lipinski definition) is 1. The third kappa shape index (κ3) is 2.68. The van der Waals surface area contributed by atoms with Gasteiger partial charge < -0.3 is 5.32 Å². The van der Waals surface area contributed by atoms with Crippen LogP contribution in [-0.4, -0.2) is 34.7 Å². The van der Waals surface area contributed by atoms with E-state index < -0.39 is 11.6 Å². The van der Waals surface area contributed by atoms with Crippen molar-refractivity contribution in [1.82, 2.24) is 10.2 Å². The largest absolute Gasteiger partial charge is 0.325 e. The van der Waals surface area contributed by atoms with Crippen LogP contribution in [0.5, 0.6) is 0 Å². The Labute approximate surface area is 119 Å². The molecule has 0 spiro atoms. The Morgan fingerprint density at radius 2 is 2.05 bits per heavy atom. The van der Waals surface area contributed by atoms with Crippen molar-refractivity contribution in [3.63, 3.8) is 0 Å². The average molecular weight is 325 g/mol. The van der Waals surface area contributed by atoms with Crippen LogP contribution >= 0.6 is 15.9 Å². The summed E-state index contributed by atoms with van der Waals surface area (Å²) in [6.07, 6.45) is 0. The fourth-order valence-electron chi connectivity index (χ4n) is 1.86. The molecule has 3 amide bonds. The number of imide groups is 1. The van der Waals surface area contributed by atoms with Crippen LogP contribution in [0.25, 0.3) is 0 Å². The summed E-state index contributed by atoms with van der Waals surface area (Å²) in [5.74, 6) is -0.664. The molecular formula is C13H13BrN2O3. The highest BCUT2D eigenvalue weighted by atomic mass is 79.9. The number of Topliss-reactive ketones (excluding diaryl/α,β-unsaturated/α-hetero) is 1. The number of benzene rings is 1. The van der Waals surface area contributed by atoms with Gasteiger partial charge in [-0.25, -0.2) is 4.79 Å². The lowest BCUT2D eigenvalue weighted by molar-refractivity contribution is -0.129. The van der Waals surface area contributed by atoms with Gasteiger partial charge in [0.25, 0.3) is 5.91 Å². The Hall–Kier alpha value is -1.69. The van der Waals surface area contributed by atoms with Gasteiger partial charge in [0.15, 0.2) is 5.78 Å². The molecule has 5 nitrogen and oxygen atoms in total. The minimum absolute atomic E-state index is 0.245. The van der Waals surface area contributed by atoms with Crippen LogP contribution in [0.2, 0.25) is 0 Å². The van der Waals surface area contributed by atoms with Crippen LogP contribution in [0.4, 0.5) is 4.79 Å². The molecule has 1 saturated heterocycles. The molecule has 0 aliphatic carbocycles. The van der Waals surface area contributed by atoms with Crippen LogP contribution in [0.1, 0.15) is 24.2 Å². The van der Waals surface area contributed by atoms with Gasteiger partial charge in [0.1, 0.15) is 5.54 Å². The number of carbonyl (C=O) groups is 3. The van der Waals surface area contributed by atoms with Gasteiger partial charge in [-0.3, -0.25) is 14.5 Å². The van der Waals surface area contributed by atoms with Crippen molar-refractivity contribution in [2.24, 2.45) is 0 Å². The summed E-state index contributed by atoms with van der Waals surface area (Å²) in [6, 6.07) is 6.31. The normalized spacial score (nSPS) is 17.5. The van der Waals surface area contributed by atoms with Crippen molar-refractivity contribution in [2.45, 2.75) is 19.4 Å². The molecule has 6 heteroatoms. The number of nitrogens with one attached hydrogen (secondary N) is 1. The lowest BCUT2D eigenvalue weighted by Gasteiger charge is -2.15. The molecule has 1 heterocycles. The molecule has 0 atom stereocenters. The molecule has 0 unspecified atom stereocenters. The van der Waals surface area contributed by atoms with Gasteiger partial charge in [-0.15, -0.1) is 0 Å². The molecule has 19 heavy (non-hydrogen) atoms. The lowest BCUT2D eigenvalue weighted by Crippen LogP contribution is -2.41. The molecule has 1 N–H and O–H groups in total. The summed E-state index contributed by atoms with van der Waals surface area (Å²) in [5, 5.41) is 2.54. The highest BCUT2D eigenvalue weighted by molar-refractivity contribution is 9.10. The summed E-state index contributed by atoms with van der Waals surface area (Å²) >= 11 is 3.27. The Kier molecular flexibility index (Phi) is 3.45. The summed E-state index contributed by atoms with van der Waals surface area (Å²) < 4.78 is 0.774. The molecule has 1 aromatic rings. The minimum Gasteiger partial charge on any atom is -0.324 e. The molecule has 1 fully saturated rings. The first-order valence-corrected chi connectivity index (χ1v) is 6.53. The maximum atomic E-state index is 12.1. The van der Waals surface area contributed by atoms with E-state index in [1.165, 1.54) is 0 Å². The zero-order valence-corrected chi connectivity index (χ0v) is 12.2. The van der Waals surface area contributed by atoms with Crippen molar-refractivity contribution < 1.29 is 14.4 Å². The van der Waals surface area contributed by atoms with E-state index >= 15 is 0 Å². The summed E-state index contributed by atoms with van der Waals surface area (Å²) in [7, 11) is 0. The van der Waals surface area contributed by atoms with E-state index in [-0.39, 0.29) is 18.2 Å². The molecule has 1 aliphatic rings. The van der Waals surface area contributed by atoms with Gasteiger partial charge in [0.2, 0.25) is 0 Å². The maximum Gasteiger partial charge on any atom is 0.325 e. The van der Waals surface area contributed by atoms with Crippen molar-refractivity contribution in [2.75, 3.05) is 6.54 Å². The van der Waals surface area contributed by atoms with Crippen LogP contribution in [0.15, 0.2) is 28.7 Å². The topological polar surface area (TPSA) is 66.5 Å². The zero-order valence-electron chi connectivity index (χ0n) is 10.6. The minimum atomic E-state index is -0.950. The highest BCUT2D eigenvalue weighted by Gasteiger charge is 2.44. The second-order valence-corrected chi connectivity index (χ2v) is 5.80. The second kappa shape index (κ2) is 4.77. The summed E-state index contributed by atoms with van der Waals surface area (Å²) in [6.45, 7) is 2.97. The molecule has 0 saturated carbocycles. The second-order valence-electron chi connectivity index (χ2n) is 4.88. The lowest BCUT2D eigenvalue weighted by atomic mass is 10.1. The molecule has 2 rings (SSSR count). The van der Waals surface area contributed by atoms with E-state index in [0.717, 1.165) is 9.37 Å². The smallest absolute Gasteiger partial charge is 0.324 e. The van der Waals surface area contributed by atoms with E-state index in [0.29, 0.717) is 5.56 Å². The van der Waals surface area contributed by atoms with E-state index in [9.17, 15) is 14.4 Å². The quantitative estimate of drug-likeness (QED) is 0.682. The zero-order chi connectivity index (χ0) is 14.2. The fraction of sp³-hybridized carbons (Fsp3) is 0.308. The van der Waals surface area contributed by atoms with Gasteiger partial charge in [0, 0.05) is 10.0 Å². The number of rotatable bonds is 3. The van der Waals surface area contributed by atoms with Gasteiger partial charge in [-0.1, -0.05) is 28.1 Å². The van der Waals surface area contributed by atoms with Crippen molar-refractivity contribution in [3.05, 3.63) is 34.3 Å². The number of carbonyl (C=O) groups excluding carboxylic acids is 3. The Morgan fingerprint density at radius 1 is 1.37 bits per heavy atom. The predicted octanol–water partition coefficient (Wildman–Crippen LogP) is 1.96. The molecule has 0 bridgehead atoms. The van der Waals surface area contributed by atoms with Crippen LogP contribution in [-0.2, 0) is 4.79 Å². The molecular weight excluding hydrogens is 312 g/mol. The Morgan fingerprint density at radius 3 is 2.58 bits per heavy atom. The highest BCUT2D eigenvalue weighted by Crippen LogP contribution is 2.18. The fourth-order valence-corrected chi connectivity index (χ4v) is 2.26. The molecule has 0 radical (unpaired) electrons. The van der Waals surface area contributed by atoms with Crippen LogP contribution in [0.3, 0.4) is 0 Å². The van der Waals surface area contributed by atoms with Gasteiger partial charge in [-0.2, -0.15) is 0 Å². The number of ketones is 1. The maximum absolute atomic E-state index is 12.1. The number of amides is 3. The van der Waals surface area contributed by atoms with E-state index in [2.05, 4.69) is 21.2 Å². The standard InChI is InChI=1S/C13H13BrN2O3/c1-13(2)11(18)16(12(19)15-13)7-10(17)8-4-3-5-9(14)6-8/h3-6H,7H2,1-2H3,(H,15,19). The van der Waals surface area contributed by atoms with Crippen LogP contribution < -0.4 is 5.32 Å². The van der Waals surface area contributed by atoms with Crippen molar-refractivity contribution in [3.8, 4) is 0 Å². The molecule has 100 valence electrons. The molecule has 1 aromatic carbocycles. The van der Waals surface area contributed by atoms with E-state index in [1.54, 1.807) is 38.1 Å². The third-order valence-electron chi connectivity index (χ3n) is 2.89. The third-order valence-corrected chi connectivity index (χ3v) is 3.39. The van der Waals surface area contributed by atoms with Gasteiger partial charge in [-0.05, 0) is 26.0 Å². The predicted molar refractivity (Wildman–Crippen MR) is 72.8 cm³/mol. The van der Waals surface area contributed by atoms with Crippen molar-refractivity contribution >= 4 is 33.7 Å². The first-order chi connectivity index (χ1) is 8.81. The SMILES string of the molecule is CC1(C)NC(=O)N(CC(=O)c2cccc(Br)c2)C1=O. The number of nitrogens with zero attached hydrogens (tertiary/aromatic N) is 1. The van der Waals surface area contributed by atoms with E-state index in [4.69, 9.17) is 0 Å². The molecule has 1 aliphatic heterocycles. The first-order valence-electron chi connectivity index (χ1n) is 5.74. The average Bonchev–Trinajstić information content (AvgIpc) is 2.51. The van der Waals surface area contributed by atoms with Crippen LogP contribution in [0, 0.1) is 0 Å². The number of hydrogen-bond acceptors (Lipinski definition) is 3. The number of halogens is 1.